The molecule has 1 atom stereocenters. The van der Waals surface area contributed by atoms with E-state index in [1.54, 1.807) is 29.6 Å². The number of halogens is 3. The molecule has 0 radical (unpaired) electrons. The zero-order chi connectivity index (χ0) is 23.4. The Bertz CT molecular complexity index is 911. The molecule has 0 aliphatic carbocycles. The third kappa shape index (κ3) is 7.10. The third-order valence-corrected chi connectivity index (χ3v) is 4.86. The van der Waals surface area contributed by atoms with Crippen LogP contribution in [-0.2, 0) is 11.2 Å². The molecule has 32 heavy (non-hydrogen) atoms. The van der Waals surface area contributed by atoms with E-state index in [0.29, 0.717) is 43.1 Å². The summed E-state index contributed by atoms with van der Waals surface area (Å²) in [4.78, 5) is 18.0. The standard InChI is InChI=1S/C21H28F3N5O3/c1-20(2,3)32-19(30)28-9-7-16(28)14-31-18-10-17(11-25-12-18)29-13-15(26-27-29)6-4-5-8-21(22,23)24/h10-13,16H,4-9,14H2,1-3H3/t16-/m0/s1. The van der Waals surface area contributed by atoms with Crippen molar-refractivity contribution < 1.29 is 27.4 Å². The molecular weight excluding hydrogens is 427 g/mol. The van der Waals surface area contributed by atoms with E-state index in [4.69, 9.17) is 9.47 Å². The van der Waals surface area contributed by atoms with Crippen LogP contribution >= 0.6 is 0 Å². The molecule has 0 saturated carbocycles. The van der Waals surface area contributed by atoms with E-state index in [-0.39, 0.29) is 18.6 Å². The predicted octanol–water partition coefficient (Wildman–Crippen LogP) is 4.33. The van der Waals surface area contributed by atoms with Crippen molar-refractivity contribution in [2.75, 3.05) is 13.2 Å². The number of unbranched alkanes of at least 4 members (excludes halogenated alkanes) is 1. The molecule has 8 nitrogen and oxygen atoms in total. The lowest BCUT2D eigenvalue weighted by Crippen LogP contribution is -2.55. The normalized spacial score (nSPS) is 16.6. The van der Waals surface area contributed by atoms with Crippen molar-refractivity contribution in [3.8, 4) is 11.4 Å². The average Bonchev–Trinajstić information content (AvgIpc) is 3.11. The van der Waals surface area contributed by atoms with Crippen molar-refractivity contribution >= 4 is 6.09 Å². The number of ether oxygens (including phenoxy) is 2. The van der Waals surface area contributed by atoms with E-state index in [0.717, 1.165) is 6.42 Å². The number of aryl methyl sites for hydroxylation is 1. The Balaban J connectivity index is 1.51. The van der Waals surface area contributed by atoms with Crippen LogP contribution in [0.2, 0.25) is 0 Å². The fourth-order valence-corrected chi connectivity index (χ4v) is 3.15. The van der Waals surface area contributed by atoms with E-state index >= 15 is 0 Å². The number of aromatic nitrogens is 4. The van der Waals surface area contributed by atoms with Crippen molar-refractivity contribution in [3.63, 3.8) is 0 Å². The van der Waals surface area contributed by atoms with Gasteiger partial charge >= 0.3 is 12.3 Å². The summed E-state index contributed by atoms with van der Waals surface area (Å²) >= 11 is 0. The molecule has 11 heteroatoms. The number of hydrogen-bond acceptors (Lipinski definition) is 6. The first-order chi connectivity index (χ1) is 15.0. The van der Waals surface area contributed by atoms with Gasteiger partial charge in [-0.3, -0.25) is 4.98 Å². The summed E-state index contributed by atoms with van der Waals surface area (Å²) in [7, 11) is 0. The molecule has 2 aromatic heterocycles. The van der Waals surface area contributed by atoms with Gasteiger partial charge in [0.05, 0.1) is 36.0 Å². The Morgan fingerprint density at radius 2 is 2.00 bits per heavy atom. The highest BCUT2D eigenvalue weighted by molar-refractivity contribution is 5.69. The first-order valence-corrected chi connectivity index (χ1v) is 10.6. The molecular formula is C21H28F3N5O3. The molecule has 1 aliphatic heterocycles. The topological polar surface area (TPSA) is 82.4 Å². The van der Waals surface area contributed by atoms with Gasteiger partial charge in [-0.05, 0) is 46.5 Å². The van der Waals surface area contributed by atoms with Gasteiger partial charge in [0, 0.05) is 19.0 Å². The molecule has 0 spiro atoms. The van der Waals surface area contributed by atoms with Gasteiger partial charge in [-0.2, -0.15) is 13.2 Å². The maximum atomic E-state index is 12.2. The quantitative estimate of drug-likeness (QED) is 0.551. The molecule has 3 heterocycles. The van der Waals surface area contributed by atoms with Crippen LogP contribution < -0.4 is 4.74 Å². The predicted molar refractivity (Wildman–Crippen MR) is 110 cm³/mol. The summed E-state index contributed by atoms with van der Waals surface area (Å²) in [6, 6.07) is 1.68. The fraction of sp³-hybridized carbons (Fsp3) is 0.619. The van der Waals surface area contributed by atoms with Crippen LogP contribution in [0.15, 0.2) is 24.7 Å². The highest BCUT2D eigenvalue weighted by Crippen LogP contribution is 2.24. The summed E-state index contributed by atoms with van der Waals surface area (Å²) in [5.41, 5.74) is 0.681. The Kier molecular flexibility index (Phi) is 7.25. The fourth-order valence-electron chi connectivity index (χ4n) is 3.15. The first-order valence-electron chi connectivity index (χ1n) is 10.6. The zero-order valence-corrected chi connectivity index (χ0v) is 18.4. The second-order valence-electron chi connectivity index (χ2n) is 8.78. The van der Waals surface area contributed by atoms with Gasteiger partial charge in [0.15, 0.2) is 0 Å². The maximum Gasteiger partial charge on any atom is 0.410 e. The number of alkyl halides is 3. The Morgan fingerprint density at radius 1 is 1.22 bits per heavy atom. The third-order valence-electron chi connectivity index (χ3n) is 4.86. The van der Waals surface area contributed by atoms with Crippen molar-refractivity contribution in [1.29, 1.82) is 0 Å². The van der Waals surface area contributed by atoms with Crippen molar-refractivity contribution in [2.45, 2.75) is 70.7 Å². The van der Waals surface area contributed by atoms with Crippen LogP contribution in [-0.4, -0.2) is 61.9 Å². The molecule has 176 valence electrons. The summed E-state index contributed by atoms with van der Waals surface area (Å²) in [6.45, 7) is 6.42. The minimum Gasteiger partial charge on any atom is -0.490 e. The van der Waals surface area contributed by atoms with Gasteiger partial charge in [0.25, 0.3) is 0 Å². The van der Waals surface area contributed by atoms with Crippen LogP contribution in [0, 0.1) is 0 Å². The number of pyridine rings is 1. The molecule has 0 N–H and O–H groups in total. The van der Waals surface area contributed by atoms with Gasteiger partial charge in [0.2, 0.25) is 0 Å². The molecule has 1 fully saturated rings. The van der Waals surface area contributed by atoms with Crippen LogP contribution in [0.3, 0.4) is 0 Å². The van der Waals surface area contributed by atoms with E-state index in [9.17, 15) is 18.0 Å². The lowest BCUT2D eigenvalue weighted by Gasteiger charge is -2.40. The summed E-state index contributed by atoms with van der Waals surface area (Å²) in [5.74, 6) is 0.515. The number of hydrogen-bond donors (Lipinski definition) is 0. The van der Waals surface area contributed by atoms with Crippen molar-refractivity contribution in [2.24, 2.45) is 0 Å². The summed E-state index contributed by atoms with van der Waals surface area (Å²) < 4.78 is 49.4. The van der Waals surface area contributed by atoms with Gasteiger partial charge in [0.1, 0.15) is 18.0 Å². The highest BCUT2D eigenvalue weighted by atomic mass is 19.4. The Labute approximate surface area is 184 Å². The molecule has 2 aromatic rings. The molecule has 3 rings (SSSR count). The smallest absolute Gasteiger partial charge is 0.410 e. The van der Waals surface area contributed by atoms with Gasteiger partial charge in [-0.25, -0.2) is 9.48 Å². The lowest BCUT2D eigenvalue weighted by atomic mass is 10.1. The van der Waals surface area contributed by atoms with E-state index in [1.165, 1.54) is 4.68 Å². The number of nitrogens with zero attached hydrogens (tertiary/aromatic N) is 5. The SMILES string of the molecule is CC(C)(C)OC(=O)N1CC[C@H]1COc1cncc(-n2cc(CCCCC(F)(F)F)nn2)c1. The second-order valence-corrected chi connectivity index (χ2v) is 8.78. The average molecular weight is 455 g/mol. The van der Waals surface area contributed by atoms with Gasteiger partial charge < -0.3 is 14.4 Å². The largest absolute Gasteiger partial charge is 0.490 e. The summed E-state index contributed by atoms with van der Waals surface area (Å²) in [5, 5.41) is 8.04. The first kappa shape index (κ1) is 23.8. The number of carbonyl (C=O) groups excluding carboxylic acids is 1. The van der Waals surface area contributed by atoms with Crippen molar-refractivity contribution in [3.05, 3.63) is 30.4 Å². The number of amides is 1. The number of rotatable bonds is 8. The van der Waals surface area contributed by atoms with Crippen molar-refractivity contribution in [1.82, 2.24) is 24.9 Å². The zero-order valence-electron chi connectivity index (χ0n) is 18.4. The van der Waals surface area contributed by atoms with Crippen LogP contribution in [0.5, 0.6) is 5.75 Å². The van der Waals surface area contributed by atoms with Crippen LogP contribution in [0.1, 0.15) is 52.1 Å². The monoisotopic (exact) mass is 455 g/mol. The minimum atomic E-state index is -4.13. The van der Waals surface area contributed by atoms with E-state index < -0.39 is 18.2 Å². The minimum absolute atomic E-state index is 0.0583. The van der Waals surface area contributed by atoms with Crippen LogP contribution in [0.4, 0.5) is 18.0 Å². The van der Waals surface area contributed by atoms with E-state index in [1.807, 2.05) is 20.8 Å². The van der Waals surface area contributed by atoms with Gasteiger partial charge in [-0.15, -0.1) is 5.10 Å². The lowest BCUT2D eigenvalue weighted by molar-refractivity contribution is -0.135. The molecule has 1 aliphatic rings. The number of likely N-dealkylation sites (tertiary alicyclic amines) is 1. The molecule has 0 aromatic carbocycles. The Hall–Kier alpha value is -2.85. The molecule has 1 amide bonds. The Morgan fingerprint density at radius 3 is 2.66 bits per heavy atom. The van der Waals surface area contributed by atoms with Crippen LogP contribution in [0.25, 0.3) is 5.69 Å². The molecule has 0 bridgehead atoms. The molecule has 0 unspecified atom stereocenters. The summed E-state index contributed by atoms with van der Waals surface area (Å²) in [6.07, 6.45) is 1.23. The second kappa shape index (κ2) is 9.74. The highest BCUT2D eigenvalue weighted by Gasteiger charge is 2.35. The maximum absolute atomic E-state index is 12.2. The number of carbonyl (C=O) groups is 1. The van der Waals surface area contributed by atoms with Gasteiger partial charge in [-0.1, -0.05) is 5.21 Å². The van der Waals surface area contributed by atoms with E-state index in [2.05, 4.69) is 15.3 Å². The molecule has 1 saturated heterocycles.